The van der Waals surface area contributed by atoms with Crippen LogP contribution in [0.1, 0.15) is 25.9 Å². The molecular weight excluding hydrogens is 356 g/mol. The van der Waals surface area contributed by atoms with E-state index in [-0.39, 0.29) is 5.91 Å². The Hall–Kier alpha value is -2.37. The van der Waals surface area contributed by atoms with E-state index in [0.29, 0.717) is 27.9 Å². The normalized spacial score (nSPS) is 10.5. The smallest absolute Gasteiger partial charge is 0.267 e. The van der Waals surface area contributed by atoms with E-state index in [2.05, 4.69) is 10.3 Å². The maximum atomic E-state index is 12.5. The van der Waals surface area contributed by atoms with E-state index in [1.54, 1.807) is 6.07 Å². The number of halogens is 1. The summed E-state index contributed by atoms with van der Waals surface area (Å²) in [4.78, 5) is 17.5. The van der Waals surface area contributed by atoms with Gasteiger partial charge in [-0.05, 0) is 43.7 Å². The predicted molar refractivity (Wildman–Crippen MR) is 102 cm³/mol. The van der Waals surface area contributed by atoms with Crippen molar-refractivity contribution in [1.29, 1.82) is 0 Å². The first kappa shape index (κ1) is 17.5. The van der Waals surface area contributed by atoms with Crippen LogP contribution in [0.5, 0.6) is 5.75 Å². The molecule has 2 aromatic carbocycles. The van der Waals surface area contributed by atoms with E-state index < -0.39 is 0 Å². The second-order valence-electron chi connectivity index (χ2n) is 5.54. The highest BCUT2D eigenvalue weighted by atomic mass is 35.5. The second kappa shape index (κ2) is 7.68. The van der Waals surface area contributed by atoms with E-state index >= 15 is 0 Å². The third-order valence-electron chi connectivity index (χ3n) is 3.58. The number of benzene rings is 2. The predicted octanol–water partition coefficient (Wildman–Crippen LogP) is 5.24. The number of amides is 1. The molecule has 0 atom stereocenters. The lowest BCUT2D eigenvalue weighted by Crippen LogP contribution is -2.11. The van der Waals surface area contributed by atoms with E-state index in [1.807, 2.05) is 56.3 Å². The van der Waals surface area contributed by atoms with Crippen LogP contribution in [0.25, 0.3) is 0 Å². The third kappa shape index (κ3) is 4.38. The number of thiazole rings is 1. The minimum Gasteiger partial charge on any atom is -0.486 e. The summed E-state index contributed by atoms with van der Waals surface area (Å²) in [6, 6.07) is 15.0. The Balaban J connectivity index is 1.68. The molecule has 1 amide bonds. The van der Waals surface area contributed by atoms with Crippen molar-refractivity contribution in [3.63, 3.8) is 0 Å². The topological polar surface area (TPSA) is 51.2 Å². The maximum absolute atomic E-state index is 12.5. The van der Waals surface area contributed by atoms with Gasteiger partial charge < -0.3 is 10.1 Å². The highest BCUT2D eigenvalue weighted by Crippen LogP contribution is 2.24. The standard InChI is InChI=1S/C19H17ClN2O2S/c1-12-8-9-14(10-16(12)20)22-19(23)18-13(2)21-17(25-18)11-24-15-6-4-3-5-7-15/h3-10H,11H2,1-2H3,(H,22,23). The highest BCUT2D eigenvalue weighted by Gasteiger charge is 2.16. The van der Waals surface area contributed by atoms with Gasteiger partial charge in [0.25, 0.3) is 5.91 Å². The van der Waals surface area contributed by atoms with Gasteiger partial charge >= 0.3 is 0 Å². The Morgan fingerprint density at radius 2 is 1.96 bits per heavy atom. The fourth-order valence-electron chi connectivity index (χ4n) is 2.24. The molecule has 0 bridgehead atoms. The number of hydrogen-bond acceptors (Lipinski definition) is 4. The lowest BCUT2D eigenvalue weighted by molar-refractivity contribution is 0.103. The van der Waals surface area contributed by atoms with E-state index in [1.165, 1.54) is 11.3 Å². The molecule has 0 spiro atoms. The fourth-order valence-corrected chi connectivity index (χ4v) is 3.30. The molecule has 6 heteroatoms. The van der Waals surface area contributed by atoms with Crippen LogP contribution in [0.15, 0.2) is 48.5 Å². The lowest BCUT2D eigenvalue weighted by atomic mass is 10.2. The molecule has 0 unspecified atom stereocenters. The van der Waals surface area contributed by atoms with Gasteiger partial charge in [0.1, 0.15) is 22.2 Å². The van der Waals surface area contributed by atoms with Crippen LogP contribution in [0.3, 0.4) is 0 Å². The van der Waals surface area contributed by atoms with Gasteiger partial charge in [-0.3, -0.25) is 4.79 Å². The van der Waals surface area contributed by atoms with Gasteiger partial charge in [0, 0.05) is 10.7 Å². The van der Waals surface area contributed by atoms with Gasteiger partial charge in [-0.25, -0.2) is 4.98 Å². The van der Waals surface area contributed by atoms with Crippen LogP contribution in [0.4, 0.5) is 5.69 Å². The molecule has 128 valence electrons. The molecule has 0 fully saturated rings. The summed E-state index contributed by atoms with van der Waals surface area (Å²) in [6.07, 6.45) is 0. The molecule has 0 aliphatic carbocycles. The average molecular weight is 373 g/mol. The van der Waals surface area contributed by atoms with E-state index in [4.69, 9.17) is 16.3 Å². The fraction of sp³-hybridized carbons (Fsp3) is 0.158. The molecule has 3 aromatic rings. The average Bonchev–Trinajstić information content (AvgIpc) is 2.98. The van der Waals surface area contributed by atoms with E-state index in [9.17, 15) is 4.79 Å². The van der Waals surface area contributed by atoms with Gasteiger partial charge in [-0.2, -0.15) is 0 Å². The van der Waals surface area contributed by atoms with Gasteiger partial charge in [0.05, 0.1) is 5.69 Å². The molecule has 0 saturated carbocycles. The van der Waals surface area contributed by atoms with Crippen LogP contribution in [0.2, 0.25) is 5.02 Å². The first-order chi connectivity index (χ1) is 12.0. The van der Waals surface area contributed by atoms with E-state index in [0.717, 1.165) is 16.3 Å². The number of rotatable bonds is 5. The van der Waals surface area contributed by atoms with Crippen LogP contribution < -0.4 is 10.1 Å². The zero-order valence-electron chi connectivity index (χ0n) is 13.9. The largest absolute Gasteiger partial charge is 0.486 e. The molecule has 1 aromatic heterocycles. The van der Waals surface area contributed by atoms with Crippen molar-refractivity contribution < 1.29 is 9.53 Å². The Labute approximate surface area is 155 Å². The molecule has 0 saturated heterocycles. The number of para-hydroxylation sites is 1. The van der Waals surface area contributed by atoms with Crippen LogP contribution >= 0.6 is 22.9 Å². The number of aromatic nitrogens is 1. The molecule has 0 radical (unpaired) electrons. The first-order valence-electron chi connectivity index (χ1n) is 7.74. The summed E-state index contributed by atoms with van der Waals surface area (Å²) in [5.41, 5.74) is 2.32. The summed E-state index contributed by atoms with van der Waals surface area (Å²) in [5.74, 6) is 0.580. The minimum atomic E-state index is -0.194. The van der Waals surface area contributed by atoms with Crippen molar-refractivity contribution >= 4 is 34.5 Å². The van der Waals surface area contributed by atoms with Crippen LogP contribution in [-0.2, 0) is 6.61 Å². The first-order valence-corrected chi connectivity index (χ1v) is 8.94. The third-order valence-corrected chi connectivity index (χ3v) is 5.12. The van der Waals surface area contributed by atoms with Crippen LogP contribution in [-0.4, -0.2) is 10.9 Å². The number of hydrogen-bond donors (Lipinski definition) is 1. The van der Waals surface area contributed by atoms with Crippen LogP contribution in [0, 0.1) is 13.8 Å². The monoisotopic (exact) mass is 372 g/mol. The van der Waals surface area contributed by atoms with Gasteiger partial charge in [0.15, 0.2) is 0 Å². The van der Waals surface area contributed by atoms with Crippen molar-refractivity contribution in [2.45, 2.75) is 20.5 Å². The Bertz CT molecular complexity index is 894. The molecule has 4 nitrogen and oxygen atoms in total. The number of carbonyl (C=O) groups is 1. The number of carbonyl (C=O) groups excluding carboxylic acids is 1. The Morgan fingerprint density at radius 1 is 1.20 bits per heavy atom. The van der Waals surface area contributed by atoms with Crippen molar-refractivity contribution in [3.8, 4) is 5.75 Å². The van der Waals surface area contributed by atoms with Crippen molar-refractivity contribution in [2.75, 3.05) is 5.32 Å². The Morgan fingerprint density at radius 3 is 2.68 bits per heavy atom. The van der Waals surface area contributed by atoms with Crippen molar-refractivity contribution in [1.82, 2.24) is 4.98 Å². The summed E-state index contributed by atoms with van der Waals surface area (Å²) in [7, 11) is 0. The Kier molecular flexibility index (Phi) is 5.36. The van der Waals surface area contributed by atoms with Gasteiger partial charge in [-0.15, -0.1) is 11.3 Å². The SMILES string of the molecule is Cc1ccc(NC(=O)c2sc(COc3ccccc3)nc2C)cc1Cl. The maximum Gasteiger partial charge on any atom is 0.267 e. The molecule has 0 aliphatic rings. The summed E-state index contributed by atoms with van der Waals surface area (Å²) < 4.78 is 5.69. The molecule has 25 heavy (non-hydrogen) atoms. The number of ether oxygens (including phenoxy) is 1. The van der Waals surface area contributed by atoms with Gasteiger partial charge in [0.2, 0.25) is 0 Å². The number of nitrogens with one attached hydrogen (secondary N) is 1. The number of aryl methyl sites for hydroxylation is 2. The molecule has 3 rings (SSSR count). The minimum absolute atomic E-state index is 0.194. The molecule has 1 N–H and O–H groups in total. The zero-order chi connectivity index (χ0) is 17.8. The quantitative estimate of drug-likeness (QED) is 0.665. The second-order valence-corrected chi connectivity index (χ2v) is 7.03. The zero-order valence-corrected chi connectivity index (χ0v) is 15.4. The van der Waals surface area contributed by atoms with Crippen molar-refractivity contribution in [3.05, 3.63) is 74.7 Å². The highest BCUT2D eigenvalue weighted by molar-refractivity contribution is 7.13. The van der Waals surface area contributed by atoms with Crippen molar-refractivity contribution in [2.24, 2.45) is 0 Å². The lowest BCUT2D eigenvalue weighted by Gasteiger charge is -2.06. The molecular formula is C19H17ClN2O2S. The summed E-state index contributed by atoms with van der Waals surface area (Å²) >= 11 is 7.43. The van der Waals surface area contributed by atoms with Gasteiger partial charge in [-0.1, -0.05) is 35.9 Å². The summed E-state index contributed by atoms with van der Waals surface area (Å²) in [6.45, 7) is 4.07. The molecule has 0 aliphatic heterocycles. The molecule has 1 heterocycles. The number of anilines is 1. The summed E-state index contributed by atoms with van der Waals surface area (Å²) in [5, 5.41) is 4.24. The number of nitrogens with zero attached hydrogens (tertiary/aromatic N) is 1.